The maximum atomic E-state index is 13.3. The lowest BCUT2D eigenvalue weighted by molar-refractivity contribution is -0.118. The first-order valence-electron chi connectivity index (χ1n) is 10.7. The van der Waals surface area contributed by atoms with E-state index in [0.717, 1.165) is 12.8 Å². The van der Waals surface area contributed by atoms with Crippen LogP contribution in [0.1, 0.15) is 38.3 Å². The molecule has 0 spiro atoms. The highest BCUT2D eigenvalue weighted by atomic mass is 32.2. The molecule has 1 amide bonds. The van der Waals surface area contributed by atoms with Crippen molar-refractivity contribution in [2.24, 2.45) is 5.92 Å². The second-order valence-electron chi connectivity index (χ2n) is 8.90. The number of carbonyl (C=O) groups is 1. The number of thioether (sulfide) groups is 1. The third-order valence-corrected chi connectivity index (χ3v) is 7.77. The Morgan fingerprint density at radius 2 is 2.16 bits per heavy atom. The number of aromatic nitrogens is 2. The number of nitrogens with zero attached hydrogens (tertiary/aromatic N) is 3. The molecule has 4 atom stereocenters. The summed E-state index contributed by atoms with van der Waals surface area (Å²) in [5.41, 5.74) is -4.05. The summed E-state index contributed by atoms with van der Waals surface area (Å²) in [5.74, 6) is 6.39. The summed E-state index contributed by atoms with van der Waals surface area (Å²) >= 11 is -0.204. The summed E-state index contributed by atoms with van der Waals surface area (Å²) < 4.78 is 41.4. The molecule has 2 aromatic heterocycles. The van der Waals surface area contributed by atoms with Gasteiger partial charge in [0.1, 0.15) is 11.5 Å². The number of amides is 1. The first-order valence-corrected chi connectivity index (χ1v) is 11.5. The van der Waals surface area contributed by atoms with Crippen molar-refractivity contribution in [3.63, 3.8) is 0 Å². The van der Waals surface area contributed by atoms with Gasteiger partial charge in [0.05, 0.1) is 17.0 Å². The standard InChI is InChI=1S/C22H24F3N5OS/c1-13(31)26-10-4-5-16-20(32-22(23,24)25)18-6-3-7-19(30(18)28-16)27-21-11-14-8-9-17(29(14)2)15(21)12-21/h3,6-7,14-15,17,27H,8-12H2,1-2H3,(H,26,31)/t14-,15+,17+,21-/m0/s1. The molecule has 2 aromatic rings. The Hall–Kier alpha value is -2.38. The third-order valence-electron chi connectivity index (χ3n) is 6.93. The number of nitrogens with one attached hydrogen (secondary N) is 2. The van der Waals surface area contributed by atoms with Crippen LogP contribution in [0.3, 0.4) is 0 Å². The average molecular weight is 464 g/mol. The highest BCUT2D eigenvalue weighted by Gasteiger charge is 2.65. The summed E-state index contributed by atoms with van der Waals surface area (Å²) in [7, 11) is 2.20. The molecule has 4 heterocycles. The second kappa shape index (κ2) is 7.59. The summed E-state index contributed by atoms with van der Waals surface area (Å²) in [5, 5.41) is 10.6. The molecule has 170 valence electrons. The molecule has 10 heteroatoms. The molecule has 3 fully saturated rings. The fourth-order valence-corrected chi connectivity index (χ4v) is 6.13. The minimum absolute atomic E-state index is 0.00679. The van der Waals surface area contributed by atoms with Crippen molar-refractivity contribution in [1.29, 1.82) is 0 Å². The number of piperidine rings is 1. The predicted molar refractivity (Wildman–Crippen MR) is 116 cm³/mol. The SMILES string of the molecule is CC(=O)NCC#Cc1nn2c(N[C@]34C[C@@H]5CC[C@H]([C@H]3C4)N5C)cccc2c1SC(F)(F)F. The lowest BCUT2D eigenvalue weighted by Gasteiger charge is -2.36. The number of carbonyl (C=O) groups excluding carboxylic acids is 1. The quantitative estimate of drug-likeness (QED) is 0.537. The Morgan fingerprint density at radius 3 is 2.91 bits per heavy atom. The minimum atomic E-state index is -4.46. The van der Waals surface area contributed by atoms with E-state index in [4.69, 9.17) is 0 Å². The molecule has 2 N–H and O–H groups in total. The zero-order valence-electron chi connectivity index (χ0n) is 17.8. The van der Waals surface area contributed by atoms with Gasteiger partial charge in [-0.2, -0.15) is 18.3 Å². The van der Waals surface area contributed by atoms with Crippen LogP contribution in [-0.4, -0.2) is 57.1 Å². The van der Waals surface area contributed by atoms with Crippen molar-refractivity contribution in [3.8, 4) is 11.8 Å². The number of fused-ring (bicyclic) bond motifs is 5. The number of pyridine rings is 1. The van der Waals surface area contributed by atoms with Crippen molar-refractivity contribution in [2.75, 3.05) is 18.9 Å². The van der Waals surface area contributed by atoms with Gasteiger partial charge in [-0.3, -0.25) is 4.79 Å². The zero-order chi connectivity index (χ0) is 22.7. The van der Waals surface area contributed by atoms with Crippen LogP contribution < -0.4 is 10.6 Å². The van der Waals surface area contributed by atoms with Crippen molar-refractivity contribution in [1.82, 2.24) is 19.8 Å². The van der Waals surface area contributed by atoms with E-state index in [-0.39, 0.29) is 40.3 Å². The van der Waals surface area contributed by atoms with Gasteiger partial charge >= 0.3 is 5.51 Å². The topological polar surface area (TPSA) is 61.7 Å². The smallest absolute Gasteiger partial charge is 0.364 e. The Balaban J connectivity index is 1.48. The Bertz CT molecular complexity index is 1140. The fourth-order valence-electron chi connectivity index (χ4n) is 5.45. The second-order valence-corrected chi connectivity index (χ2v) is 9.98. The number of hydrogen-bond acceptors (Lipinski definition) is 5. The molecule has 3 aliphatic rings. The third kappa shape index (κ3) is 3.82. The van der Waals surface area contributed by atoms with E-state index in [9.17, 15) is 18.0 Å². The molecular formula is C22H24F3N5OS. The van der Waals surface area contributed by atoms with E-state index < -0.39 is 5.51 Å². The van der Waals surface area contributed by atoms with E-state index in [1.54, 1.807) is 16.6 Å². The molecule has 5 rings (SSSR count). The van der Waals surface area contributed by atoms with Crippen molar-refractivity contribution < 1.29 is 18.0 Å². The highest BCUT2D eigenvalue weighted by Crippen LogP contribution is 2.60. The van der Waals surface area contributed by atoms with Crippen LogP contribution in [0.2, 0.25) is 0 Å². The van der Waals surface area contributed by atoms with Crippen LogP contribution in [0.25, 0.3) is 5.52 Å². The molecule has 6 nitrogen and oxygen atoms in total. The number of rotatable bonds is 4. The van der Waals surface area contributed by atoms with Gasteiger partial charge in [0, 0.05) is 24.5 Å². The van der Waals surface area contributed by atoms with Gasteiger partial charge in [0.25, 0.3) is 0 Å². The van der Waals surface area contributed by atoms with Gasteiger partial charge in [0.15, 0.2) is 0 Å². The number of alkyl halides is 3. The van der Waals surface area contributed by atoms with Gasteiger partial charge < -0.3 is 15.5 Å². The summed E-state index contributed by atoms with van der Waals surface area (Å²) in [6.45, 7) is 1.40. The molecule has 0 radical (unpaired) electrons. The Morgan fingerprint density at radius 1 is 1.34 bits per heavy atom. The molecular weight excluding hydrogens is 439 g/mol. The largest absolute Gasteiger partial charge is 0.446 e. The van der Waals surface area contributed by atoms with Gasteiger partial charge in [0.2, 0.25) is 5.91 Å². The molecule has 1 saturated carbocycles. The zero-order valence-corrected chi connectivity index (χ0v) is 18.6. The molecule has 0 aromatic carbocycles. The van der Waals surface area contributed by atoms with Gasteiger partial charge in [-0.05, 0) is 68.5 Å². The maximum Gasteiger partial charge on any atom is 0.446 e. The number of hydrogen-bond donors (Lipinski definition) is 2. The Kier molecular flexibility index (Phi) is 5.09. The molecule has 2 aliphatic heterocycles. The fraction of sp³-hybridized carbons (Fsp3) is 0.545. The first-order chi connectivity index (χ1) is 15.2. The average Bonchev–Trinajstić information content (AvgIpc) is 3.20. The van der Waals surface area contributed by atoms with E-state index in [2.05, 4.69) is 39.5 Å². The summed E-state index contributed by atoms with van der Waals surface area (Å²) in [6.07, 6.45) is 4.52. The van der Waals surface area contributed by atoms with Crippen molar-refractivity contribution in [3.05, 3.63) is 23.9 Å². The van der Waals surface area contributed by atoms with Gasteiger partial charge in [-0.25, -0.2) is 4.52 Å². The van der Waals surface area contributed by atoms with Crippen molar-refractivity contribution >= 4 is 29.0 Å². The van der Waals surface area contributed by atoms with Crippen LogP contribution in [0.4, 0.5) is 19.0 Å². The van der Waals surface area contributed by atoms with E-state index in [0.29, 0.717) is 29.3 Å². The highest BCUT2D eigenvalue weighted by molar-refractivity contribution is 8.00. The van der Waals surface area contributed by atoms with Crippen LogP contribution in [0.15, 0.2) is 23.1 Å². The van der Waals surface area contributed by atoms with Crippen LogP contribution >= 0.6 is 11.8 Å². The van der Waals surface area contributed by atoms with Gasteiger partial charge in [-0.1, -0.05) is 12.0 Å². The number of anilines is 1. The van der Waals surface area contributed by atoms with Gasteiger partial charge in [-0.15, -0.1) is 0 Å². The van der Waals surface area contributed by atoms with E-state index in [1.165, 1.54) is 19.8 Å². The van der Waals surface area contributed by atoms with Crippen LogP contribution in [0.5, 0.6) is 0 Å². The Labute approximate surface area is 188 Å². The minimum Gasteiger partial charge on any atom is -0.364 e. The molecule has 2 saturated heterocycles. The van der Waals surface area contributed by atoms with E-state index in [1.807, 2.05) is 6.07 Å². The summed E-state index contributed by atoms with van der Waals surface area (Å²) in [4.78, 5) is 13.5. The van der Waals surface area contributed by atoms with Crippen molar-refractivity contribution in [2.45, 2.75) is 60.6 Å². The molecule has 32 heavy (non-hydrogen) atoms. The predicted octanol–water partition coefficient (Wildman–Crippen LogP) is 3.47. The lowest BCUT2D eigenvalue weighted by atomic mass is 9.97. The van der Waals surface area contributed by atoms with Crippen LogP contribution in [0, 0.1) is 17.8 Å². The molecule has 2 bridgehead atoms. The molecule has 0 unspecified atom stereocenters. The lowest BCUT2D eigenvalue weighted by Crippen LogP contribution is -2.46. The first kappa shape index (κ1) is 21.5. The monoisotopic (exact) mass is 463 g/mol. The van der Waals surface area contributed by atoms with Crippen LogP contribution in [-0.2, 0) is 4.79 Å². The maximum absolute atomic E-state index is 13.3. The van der Waals surface area contributed by atoms with E-state index >= 15 is 0 Å². The normalized spacial score (nSPS) is 28.7. The number of halogens is 3. The summed E-state index contributed by atoms with van der Waals surface area (Å²) in [6, 6.07) is 6.37. The molecule has 1 aliphatic carbocycles.